The molecule has 0 aliphatic heterocycles. The van der Waals surface area contributed by atoms with E-state index < -0.39 is 10.9 Å². The SMILES string of the molecule is [CH2]CCCCN(Cc1nc2oc(-c3ccc(C)cc3)c(C(=O)NC)c2cc1I)[SH](=O)=O. The lowest BCUT2D eigenvalue weighted by atomic mass is 10.0. The lowest BCUT2D eigenvalue weighted by molar-refractivity contribution is 0.0964. The van der Waals surface area contributed by atoms with Gasteiger partial charge in [-0.25, -0.2) is 13.4 Å². The van der Waals surface area contributed by atoms with Gasteiger partial charge in [0.05, 0.1) is 23.2 Å². The highest BCUT2D eigenvalue weighted by molar-refractivity contribution is 14.1. The number of carbonyl (C=O) groups is 1. The Hall–Kier alpha value is -1.98. The molecule has 1 N–H and O–H groups in total. The molecule has 0 fully saturated rings. The van der Waals surface area contributed by atoms with Crippen LogP contribution in [0.5, 0.6) is 0 Å². The Morgan fingerprint density at radius 3 is 2.58 bits per heavy atom. The molecule has 1 amide bonds. The van der Waals surface area contributed by atoms with E-state index in [4.69, 9.17) is 4.42 Å². The van der Waals surface area contributed by atoms with Crippen molar-refractivity contribution in [2.75, 3.05) is 13.6 Å². The van der Waals surface area contributed by atoms with Crippen molar-refractivity contribution in [2.45, 2.75) is 32.7 Å². The minimum atomic E-state index is -2.74. The first-order valence-electron chi connectivity index (χ1n) is 9.95. The Balaban J connectivity index is 2.06. The molecule has 0 bridgehead atoms. The first-order valence-corrected chi connectivity index (χ1v) is 12.2. The number of rotatable bonds is 9. The molecule has 0 saturated heterocycles. The largest absolute Gasteiger partial charge is 0.437 e. The van der Waals surface area contributed by atoms with E-state index >= 15 is 0 Å². The smallest absolute Gasteiger partial charge is 0.255 e. The van der Waals surface area contributed by atoms with Crippen LogP contribution in [0.3, 0.4) is 0 Å². The van der Waals surface area contributed by atoms with Crippen LogP contribution in [-0.2, 0) is 17.4 Å². The quantitative estimate of drug-likeness (QED) is 0.236. The number of hydrogen-bond acceptors (Lipinski definition) is 5. The highest BCUT2D eigenvalue weighted by Crippen LogP contribution is 2.34. The molecular weight excluding hydrogens is 529 g/mol. The Morgan fingerprint density at radius 1 is 1.26 bits per heavy atom. The molecule has 0 aliphatic rings. The summed E-state index contributed by atoms with van der Waals surface area (Å²) < 4.78 is 31.6. The number of benzene rings is 1. The Kier molecular flexibility index (Phi) is 8.06. The average molecular weight is 554 g/mol. The van der Waals surface area contributed by atoms with Gasteiger partial charge >= 0.3 is 0 Å². The zero-order valence-electron chi connectivity index (χ0n) is 17.5. The number of hydrogen-bond donors (Lipinski definition) is 2. The fraction of sp³-hybridized carbons (Fsp3) is 0.318. The number of pyridine rings is 1. The van der Waals surface area contributed by atoms with Crippen LogP contribution in [0.1, 0.15) is 40.9 Å². The third kappa shape index (κ3) is 5.45. The van der Waals surface area contributed by atoms with Crippen molar-refractivity contribution < 1.29 is 17.6 Å². The van der Waals surface area contributed by atoms with Gasteiger partial charge in [-0.3, -0.25) is 4.79 Å². The summed E-state index contributed by atoms with van der Waals surface area (Å²) in [6.45, 7) is 6.35. The van der Waals surface area contributed by atoms with Crippen molar-refractivity contribution in [3.63, 3.8) is 0 Å². The third-order valence-corrected chi connectivity index (χ3v) is 6.69. The second-order valence-corrected chi connectivity index (χ2v) is 9.41. The summed E-state index contributed by atoms with van der Waals surface area (Å²) >= 11 is 2.12. The highest BCUT2D eigenvalue weighted by Gasteiger charge is 2.24. The van der Waals surface area contributed by atoms with Crippen molar-refractivity contribution >= 4 is 50.5 Å². The van der Waals surface area contributed by atoms with Crippen LogP contribution < -0.4 is 5.32 Å². The minimum absolute atomic E-state index is 0.153. The molecule has 31 heavy (non-hydrogen) atoms. The van der Waals surface area contributed by atoms with Gasteiger partial charge in [0.15, 0.2) is 0 Å². The number of unbranched alkanes of at least 4 members (excludes halogenated alkanes) is 2. The van der Waals surface area contributed by atoms with Gasteiger partial charge in [0.25, 0.3) is 5.91 Å². The molecule has 2 heterocycles. The second-order valence-electron chi connectivity index (χ2n) is 7.21. The first kappa shape index (κ1) is 23.7. The molecule has 7 nitrogen and oxygen atoms in total. The topological polar surface area (TPSA) is 92.5 Å². The van der Waals surface area contributed by atoms with Crippen LogP contribution >= 0.6 is 22.6 Å². The molecule has 9 heteroatoms. The van der Waals surface area contributed by atoms with E-state index in [0.717, 1.165) is 34.0 Å². The predicted molar refractivity (Wildman–Crippen MR) is 130 cm³/mol. The molecule has 1 radical (unpaired) electrons. The molecule has 0 unspecified atom stereocenters. The van der Waals surface area contributed by atoms with Crippen molar-refractivity contribution in [1.29, 1.82) is 0 Å². The number of nitrogens with one attached hydrogen (secondary N) is 1. The molecule has 3 rings (SSSR count). The predicted octanol–water partition coefficient (Wildman–Crippen LogP) is 4.10. The molecule has 3 aromatic rings. The van der Waals surface area contributed by atoms with Gasteiger partial charge in [0, 0.05) is 22.7 Å². The Bertz CT molecular complexity index is 1150. The maximum absolute atomic E-state index is 12.7. The highest BCUT2D eigenvalue weighted by atomic mass is 127. The zero-order valence-corrected chi connectivity index (χ0v) is 20.5. The Morgan fingerprint density at radius 2 is 1.97 bits per heavy atom. The van der Waals surface area contributed by atoms with Gasteiger partial charge in [0.2, 0.25) is 16.6 Å². The van der Waals surface area contributed by atoms with Crippen LogP contribution in [-0.4, -0.2) is 37.2 Å². The number of furan rings is 1. The van der Waals surface area contributed by atoms with Crippen LogP contribution in [0.25, 0.3) is 22.4 Å². The zero-order chi connectivity index (χ0) is 22.5. The molecule has 0 aliphatic carbocycles. The lowest BCUT2D eigenvalue weighted by Crippen LogP contribution is -2.24. The third-order valence-electron chi connectivity index (χ3n) is 4.96. The van der Waals surface area contributed by atoms with Gasteiger partial charge in [-0.05, 0) is 42.0 Å². The van der Waals surface area contributed by atoms with E-state index in [0.29, 0.717) is 34.7 Å². The van der Waals surface area contributed by atoms with Crippen LogP contribution in [0.4, 0.5) is 0 Å². The minimum Gasteiger partial charge on any atom is -0.437 e. The second kappa shape index (κ2) is 10.6. The monoisotopic (exact) mass is 554 g/mol. The van der Waals surface area contributed by atoms with Gasteiger partial charge in [0.1, 0.15) is 5.76 Å². The summed E-state index contributed by atoms with van der Waals surface area (Å²) in [5, 5.41) is 3.26. The van der Waals surface area contributed by atoms with E-state index in [2.05, 4.69) is 39.8 Å². The number of fused-ring (bicyclic) bond motifs is 1. The summed E-state index contributed by atoms with van der Waals surface area (Å²) in [7, 11) is -1.17. The van der Waals surface area contributed by atoms with Gasteiger partial charge in [-0.1, -0.05) is 49.6 Å². The summed E-state index contributed by atoms with van der Waals surface area (Å²) in [5.74, 6) is 0.175. The van der Waals surface area contributed by atoms with Gasteiger partial charge in [-0.15, -0.1) is 0 Å². The summed E-state index contributed by atoms with van der Waals surface area (Å²) in [5.41, 5.74) is 3.19. The molecule has 0 spiro atoms. The summed E-state index contributed by atoms with van der Waals surface area (Å²) in [6, 6.07) is 9.53. The lowest BCUT2D eigenvalue weighted by Gasteiger charge is -2.15. The summed E-state index contributed by atoms with van der Waals surface area (Å²) in [6.07, 6.45) is 2.36. The molecule has 0 saturated carbocycles. The van der Waals surface area contributed by atoms with Crippen molar-refractivity contribution in [2.24, 2.45) is 0 Å². The maximum atomic E-state index is 12.7. The summed E-state index contributed by atoms with van der Waals surface area (Å²) in [4.78, 5) is 17.3. The van der Waals surface area contributed by atoms with Gasteiger partial charge < -0.3 is 9.73 Å². The Labute approximate surface area is 197 Å². The van der Waals surface area contributed by atoms with E-state index in [1.54, 1.807) is 7.05 Å². The van der Waals surface area contributed by atoms with E-state index in [1.807, 2.05) is 37.3 Å². The van der Waals surface area contributed by atoms with Crippen LogP contribution in [0.15, 0.2) is 34.7 Å². The number of amides is 1. The maximum Gasteiger partial charge on any atom is 0.255 e. The van der Waals surface area contributed by atoms with Gasteiger partial charge in [-0.2, -0.15) is 4.31 Å². The standard InChI is InChI=1S/C22H25IN3O4S/c1-4-5-6-11-26(31(28)29)13-18-17(23)12-16-19(21(27)24-3)20(30-22(16)25-18)15-9-7-14(2)8-10-15/h7-10,12,31H,1,4-6,11,13H2,2-3H3,(H,24,27). The van der Waals surface area contributed by atoms with E-state index in [9.17, 15) is 13.2 Å². The molecule has 165 valence electrons. The van der Waals surface area contributed by atoms with Crippen LogP contribution in [0, 0.1) is 17.4 Å². The fourth-order valence-corrected chi connectivity index (χ4v) is 4.42. The fourth-order valence-electron chi connectivity index (χ4n) is 3.27. The number of aromatic nitrogens is 1. The number of halogens is 1. The normalized spacial score (nSPS) is 11.5. The number of nitrogens with zero attached hydrogens (tertiary/aromatic N) is 2. The van der Waals surface area contributed by atoms with Crippen LogP contribution in [0.2, 0.25) is 0 Å². The number of carbonyl (C=O) groups excluding carboxylic acids is 1. The van der Waals surface area contributed by atoms with Crippen molar-refractivity contribution in [3.8, 4) is 11.3 Å². The molecular formula is C22H25IN3O4S. The average Bonchev–Trinajstić information content (AvgIpc) is 3.11. The molecule has 1 aromatic carbocycles. The molecule has 0 atom stereocenters. The van der Waals surface area contributed by atoms with Crippen molar-refractivity contribution in [3.05, 3.63) is 57.6 Å². The van der Waals surface area contributed by atoms with E-state index in [1.165, 1.54) is 4.31 Å². The number of thiol groups is 1. The molecule has 2 aromatic heterocycles. The number of aryl methyl sites for hydroxylation is 1. The first-order chi connectivity index (χ1) is 14.8. The van der Waals surface area contributed by atoms with Crippen molar-refractivity contribution in [1.82, 2.24) is 14.6 Å². The van der Waals surface area contributed by atoms with E-state index in [-0.39, 0.29) is 12.5 Å².